The molecule has 0 bridgehead atoms. The van der Waals surface area contributed by atoms with Gasteiger partial charge in [0.1, 0.15) is 4.70 Å². The molecule has 1 aliphatic rings. The number of aromatic amines is 1. The van der Waals surface area contributed by atoms with Gasteiger partial charge in [-0.25, -0.2) is 4.98 Å². The Morgan fingerprint density at radius 1 is 1.31 bits per heavy atom. The Bertz CT molecular complexity index is 1080. The van der Waals surface area contributed by atoms with Crippen LogP contribution in [0.15, 0.2) is 34.4 Å². The highest BCUT2D eigenvalue weighted by Crippen LogP contribution is 2.32. The van der Waals surface area contributed by atoms with E-state index in [1.807, 2.05) is 24.1 Å². The molecule has 1 saturated heterocycles. The molecule has 1 aliphatic heterocycles. The quantitative estimate of drug-likeness (QED) is 0.687. The number of rotatable bonds is 4. The minimum atomic E-state index is -0.123. The third-order valence-corrected chi connectivity index (χ3v) is 6.27. The van der Waals surface area contributed by atoms with Crippen LogP contribution in [0.5, 0.6) is 0 Å². The highest BCUT2D eigenvalue weighted by molar-refractivity contribution is 7.17. The van der Waals surface area contributed by atoms with E-state index in [0.717, 1.165) is 36.0 Å². The lowest BCUT2D eigenvalue weighted by Gasteiger charge is -2.32. The number of benzene rings is 1. The van der Waals surface area contributed by atoms with Gasteiger partial charge in [-0.05, 0) is 39.2 Å². The molecule has 0 aliphatic carbocycles. The number of nitrogens with one attached hydrogen (secondary N) is 2. The van der Waals surface area contributed by atoms with E-state index < -0.39 is 0 Å². The zero-order valence-electron chi connectivity index (χ0n) is 17.0. The first-order valence-corrected chi connectivity index (χ1v) is 10.9. The fourth-order valence-corrected chi connectivity index (χ4v) is 4.70. The van der Waals surface area contributed by atoms with Gasteiger partial charge in [0.2, 0.25) is 11.9 Å². The Morgan fingerprint density at radius 3 is 2.79 bits per heavy atom. The molecule has 1 aromatic carbocycles. The molecule has 2 aromatic heterocycles. The third-order valence-electron chi connectivity index (χ3n) is 5.30. The van der Waals surface area contributed by atoms with Crippen LogP contribution < -0.4 is 15.8 Å². The number of carbonyl (C=O) groups excluding carboxylic acids is 1. The van der Waals surface area contributed by atoms with Crippen LogP contribution >= 0.6 is 11.3 Å². The van der Waals surface area contributed by atoms with Crippen molar-refractivity contribution >= 4 is 33.4 Å². The van der Waals surface area contributed by atoms with Crippen molar-refractivity contribution in [3.05, 3.63) is 45.6 Å². The van der Waals surface area contributed by atoms with Crippen molar-refractivity contribution in [3.8, 4) is 11.1 Å². The third kappa shape index (κ3) is 4.05. The van der Waals surface area contributed by atoms with E-state index >= 15 is 0 Å². The summed E-state index contributed by atoms with van der Waals surface area (Å²) in [6, 6.07) is 8.37. The van der Waals surface area contributed by atoms with Gasteiger partial charge in [0, 0.05) is 30.1 Å². The minimum Gasteiger partial charge on any atom is -0.354 e. The molecule has 7 heteroatoms. The number of aromatic nitrogens is 2. The van der Waals surface area contributed by atoms with Crippen LogP contribution in [0.4, 0.5) is 5.95 Å². The molecule has 0 spiro atoms. The van der Waals surface area contributed by atoms with Gasteiger partial charge in [0.15, 0.2) is 0 Å². The lowest BCUT2D eigenvalue weighted by atomic mass is 9.97. The van der Waals surface area contributed by atoms with Crippen molar-refractivity contribution in [3.63, 3.8) is 0 Å². The number of thiophene rings is 1. The van der Waals surface area contributed by atoms with E-state index in [1.165, 1.54) is 16.9 Å². The summed E-state index contributed by atoms with van der Waals surface area (Å²) in [5, 5.41) is 5.00. The molecule has 29 heavy (non-hydrogen) atoms. The van der Waals surface area contributed by atoms with Gasteiger partial charge in [-0.1, -0.05) is 29.8 Å². The van der Waals surface area contributed by atoms with Gasteiger partial charge in [0.25, 0.3) is 5.56 Å². The molecule has 1 amide bonds. The van der Waals surface area contributed by atoms with Crippen molar-refractivity contribution in [2.45, 2.75) is 39.7 Å². The molecule has 4 rings (SSSR count). The molecular formula is C22H26N4O2S. The first kappa shape index (κ1) is 19.6. The largest absolute Gasteiger partial charge is 0.354 e. The first-order valence-electron chi connectivity index (χ1n) is 10.1. The van der Waals surface area contributed by atoms with Crippen molar-refractivity contribution in [1.82, 2.24) is 15.3 Å². The Balaban J connectivity index is 1.67. The number of H-pyrrole nitrogens is 1. The molecule has 3 heterocycles. The molecule has 1 unspecified atom stereocenters. The summed E-state index contributed by atoms with van der Waals surface area (Å²) in [6.45, 7) is 7.34. The molecule has 2 N–H and O–H groups in total. The number of hydrogen-bond donors (Lipinski definition) is 2. The molecule has 1 fully saturated rings. The van der Waals surface area contributed by atoms with E-state index in [-0.39, 0.29) is 23.4 Å². The monoisotopic (exact) mass is 410 g/mol. The molecule has 152 valence electrons. The second-order valence-corrected chi connectivity index (χ2v) is 8.91. The Labute approximate surface area is 174 Å². The van der Waals surface area contributed by atoms with E-state index in [4.69, 9.17) is 4.98 Å². The molecule has 3 aromatic rings. The number of hydrogen-bond acceptors (Lipinski definition) is 5. The van der Waals surface area contributed by atoms with Crippen LogP contribution in [0.3, 0.4) is 0 Å². The van der Waals surface area contributed by atoms with Crippen molar-refractivity contribution in [2.75, 3.05) is 18.0 Å². The Hall–Kier alpha value is -2.67. The second kappa shape index (κ2) is 7.99. The topological polar surface area (TPSA) is 78.1 Å². The summed E-state index contributed by atoms with van der Waals surface area (Å²) in [5.41, 5.74) is 3.83. The summed E-state index contributed by atoms with van der Waals surface area (Å²) >= 11 is 1.42. The van der Waals surface area contributed by atoms with E-state index in [1.54, 1.807) is 0 Å². The minimum absolute atomic E-state index is 0.0732. The van der Waals surface area contributed by atoms with Gasteiger partial charge in [0.05, 0.1) is 11.4 Å². The number of aryl methyl sites for hydroxylation is 1. The van der Waals surface area contributed by atoms with Gasteiger partial charge in [-0.15, -0.1) is 11.3 Å². The number of carbonyl (C=O) groups is 1. The lowest BCUT2D eigenvalue weighted by molar-refractivity contribution is -0.125. The summed E-state index contributed by atoms with van der Waals surface area (Å²) in [7, 11) is 0. The summed E-state index contributed by atoms with van der Waals surface area (Å²) in [4.78, 5) is 35.0. The van der Waals surface area contributed by atoms with Crippen molar-refractivity contribution in [2.24, 2.45) is 5.92 Å². The first-order chi connectivity index (χ1) is 13.9. The summed E-state index contributed by atoms with van der Waals surface area (Å²) < 4.78 is 0.635. The van der Waals surface area contributed by atoms with E-state index in [2.05, 4.69) is 41.5 Å². The number of piperidine rings is 1. The number of amides is 1. The van der Waals surface area contributed by atoms with Gasteiger partial charge < -0.3 is 10.2 Å². The van der Waals surface area contributed by atoms with Crippen LogP contribution in [-0.2, 0) is 4.79 Å². The SMILES string of the molecule is Cc1ccc(-c2csc3c(=O)[nH]c(N4CCCC(C(=O)NC(C)C)C4)nc23)cc1. The van der Waals surface area contributed by atoms with Crippen LogP contribution in [-0.4, -0.2) is 35.0 Å². The standard InChI is InChI=1S/C22H26N4O2S/c1-13(2)23-20(27)16-5-4-10-26(11-16)22-24-18-17(12-29-19(18)21(28)25-22)15-8-6-14(3)7-9-15/h6-9,12-13,16H,4-5,10-11H2,1-3H3,(H,23,27)(H,24,25,28). The molecule has 6 nitrogen and oxygen atoms in total. The van der Waals surface area contributed by atoms with Crippen LogP contribution in [0, 0.1) is 12.8 Å². The molecule has 1 atom stereocenters. The zero-order valence-corrected chi connectivity index (χ0v) is 17.8. The fraction of sp³-hybridized carbons (Fsp3) is 0.409. The van der Waals surface area contributed by atoms with E-state index in [0.29, 0.717) is 17.2 Å². The average Bonchev–Trinajstić information content (AvgIpc) is 3.13. The smallest absolute Gasteiger partial charge is 0.270 e. The van der Waals surface area contributed by atoms with E-state index in [9.17, 15) is 9.59 Å². The highest BCUT2D eigenvalue weighted by Gasteiger charge is 2.28. The summed E-state index contributed by atoms with van der Waals surface area (Å²) in [6.07, 6.45) is 1.75. The number of anilines is 1. The van der Waals surface area contributed by atoms with Gasteiger partial charge in [-0.2, -0.15) is 0 Å². The molecule has 0 radical (unpaired) electrons. The van der Waals surface area contributed by atoms with Crippen LogP contribution in [0.1, 0.15) is 32.3 Å². The maximum atomic E-state index is 12.7. The van der Waals surface area contributed by atoms with Crippen molar-refractivity contribution < 1.29 is 4.79 Å². The van der Waals surface area contributed by atoms with Crippen molar-refractivity contribution in [1.29, 1.82) is 0 Å². The predicted octanol–water partition coefficient (Wildman–Crippen LogP) is 3.70. The maximum absolute atomic E-state index is 12.7. The predicted molar refractivity (Wildman–Crippen MR) is 119 cm³/mol. The van der Waals surface area contributed by atoms with Gasteiger partial charge in [-0.3, -0.25) is 14.6 Å². The Kier molecular flexibility index (Phi) is 5.41. The average molecular weight is 411 g/mol. The molecule has 0 saturated carbocycles. The van der Waals surface area contributed by atoms with Crippen LogP contribution in [0.2, 0.25) is 0 Å². The fourth-order valence-electron chi connectivity index (χ4n) is 3.79. The van der Waals surface area contributed by atoms with Gasteiger partial charge >= 0.3 is 0 Å². The maximum Gasteiger partial charge on any atom is 0.270 e. The molecular weight excluding hydrogens is 384 g/mol. The number of fused-ring (bicyclic) bond motifs is 1. The normalized spacial score (nSPS) is 17.1. The second-order valence-electron chi connectivity index (χ2n) is 8.03. The lowest BCUT2D eigenvalue weighted by Crippen LogP contribution is -2.45. The Morgan fingerprint density at radius 2 is 2.07 bits per heavy atom. The van der Waals surface area contributed by atoms with Crippen LogP contribution in [0.25, 0.3) is 21.3 Å². The highest BCUT2D eigenvalue weighted by atomic mass is 32.1. The zero-order chi connectivity index (χ0) is 20.5. The number of nitrogens with zero attached hydrogens (tertiary/aromatic N) is 2. The summed E-state index contributed by atoms with van der Waals surface area (Å²) in [5.74, 6) is 0.534.